The highest BCUT2D eigenvalue weighted by Crippen LogP contribution is 2.31. The zero-order valence-electron chi connectivity index (χ0n) is 11.6. The number of nitrogens with zero attached hydrogens (tertiary/aromatic N) is 2. The molecule has 0 aliphatic carbocycles. The van der Waals surface area contributed by atoms with E-state index in [9.17, 15) is 8.42 Å². The summed E-state index contributed by atoms with van der Waals surface area (Å²) >= 11 is 1.85. The molecule has 7 heteroatoms. The standard InChI is InChI=1S/C11H25N3O2S2/c1-11(2)5-8-14(9-10-17-11)18(15,16)13(3)7-4-6-12/h4-10,12H2,1-3H3. The van der Waals surface area contributed by atoms with Gasteiger partial charge in [0.25, 0.3) is 10.2 Å². The minimum absolute atomic E-state index is 0.167. The fourth-order valence-electron chi connectivity index (χ4n) is 1.86. The van der Waals surface area contributed by atoms with Crippen molar-refractivity contribution in [1.82, 2.24) is 8.61 Å². The van der Waals surface area contributed by atoms with Gasteiger partial charge in [-0.2, -0.15) is 28.8 Å². The normalized spacial score (nSPS) is 22.1. The minimum Gasteiger partial charge on any atom is -0.330 e. The molecule has 0 unspecified atom stereocenters. The molecule has 1 aliphatic rings. The average Bonchev–Trinajstić information content (AvgIpc) is 2.47. The van der Waals surface area contributed by atoms with Gasteiger partial charge in [0.2, 0.25) is 0 Å². The Labute approximate surface area is 115 Å². The Morgan fingerprint density at radius 2 is 2.06 bits per heavy atom. The highest BCUT2D eigenvalue weighted by molar-refractivity contribution is 8.00. The van der Waals surface area contributed by atoms with Gasteiger partial charge in [-0.15, -0.1) is 0 Å². The molecule has 0 saturated carbocycles. The lowest BCUT2D eigenvalue weighted by molar-refractivity contribution is 0.361. The van der Waals surface area contributed by atoms with Crippen molar-refractivity contribution in [3.63, 3.8) is 0 Å². The molecular weight excluding hydrogens is 270 g/mol. The molecule has 1 aliphatic heterocycles. The molecule has 1 heterocycles. The largest absolute Gasteiger partial charge is 0.330 e. The smallest absolute Gasteiger partial charge is 0.281 e. The van der Waals surface area contributed by atoms with Crippen molar-refractivity contribution in [1.29, 1.82) is 0 Å². The quantitative estimate of drug-likeness (QED) is 0.812. The van der Waals surface area contributed by atoms with Crippen molar-refractivity contribution in [2.75, 3.05) is 39.0 Å². The highest BCUT2D eigenvalue weighted by atomic mass is 32.2. The first-order valence-corrected chi connectivity index (χ1v) is 8.73. The van der Waals surface area contributed by atoms with Gasteiger partial charge in [0.1, 0.15) is 0 Å². The fourth-order valence-corrected chi connectivity index (χ4v) is 4.47. The zero-order valence-corrected chi connectivity index (χ0v) is 13.2. The highest BCUT2D eigenvalue weighted by Gasteiger charge is 2.31. The summed E-state index contributed by atoms with van der Waals surface area (Å²) in [5.74, 6) is 0.858. The van der Waals surface area contributed by atoms with Gasteiger partial charge >= 0.3 is 0 Å². The van der Waals surface area contributed by atoms with Crippen LogP contribution in [-0.4, -0.2) is 60.8 Å². The van der Waals surface area contributed by atoms with Crippen LogP contribution < -0.4 is 5.73 Å². The van der Waals surface area contributed by atoms with E-state index in [4.69, 9.17) is 5.73 Å². The van der Waals surface area contributed by atoms with E-state index in [1.165, 1.54) is 4.31 Å². The second kappa shape index (κ2) is 6.56. The van der Waals surface area contributed by atoms with Crippen molar-refractivity contribution in [2.45, 2.75) is 31.4 Å². The molecule has 0 spiro atoms. The third-order valence-electron chi connectivity index (χ3n) is 3.19. The van der Waals surface area contributed by atoms with Crippen LogP contribution in [0.2, 0.25) is 0 Å². The molecule has 1 fully saturated rings. The van der Waals surface area contributed by atoms with E-state index in [0.29, 0.717) is 32.6 Å². The van der Waals surface area contributed by atoms with Crippen molar-refractivity contribution in [3.05, 3.63) is 0 Å². The Balaban J connectivity index is 2.67. The Hall–Kier alpha value is 0.180. The van der Waals surface area contributed by atoms with Gasteiger partial charge in [-0.1, -0.05) is 13.8 Å². The first-order chi connectivity index (χ1) is 8.29. The van der Waals surface area contributed by atoms with Gasteiger partial charge in [0.15, 0.2) is 0 Å². The molecule has 2 N–H and O–H groups in total. The Kier molecular flexibility index (Phi) is 5.92. The Bertz CT molecular complexity index is 357. The average molecular weight is 295 g/mol. The predicted molar refractivity (Wildman–Crippen MR) is 77.9 cm³/mol. The van der Waals surface area contributed by atoms with Crippen LogP contribution in [0.4, 0.5) is 0 Å². The lowest BCUT2D eigenvalue weighted by atomic mass is 10.1. The summed E-state index contributed by atoms with van der Waals surface area (Å²) in [5.41, 5.74) is 5.42. The topological polar surface area (TPSA) is 66.6 Å². The van der Waals surface area contributed by atoms with E-state index in [-0.39, 0.29) is 4.75 Å². The molecule has 0 amide bonds. The second-order valence-corrected chi connectivity index (χ2v) is 9.07. The van der Waals surface area contributed by atoms with E-state index >= 15 is 0 Å². The maximum atomic E-state index is 12.4. The number of nitrogens with two attached hydrogens (primary N) is 1. The fraction of sp³-hybridized carbons (Fsp3) is 1.00. The van der Waals surface area contributed by atoms with Gasteiger partial charge in [0.05, 0.1) is 0 Å². The molecule has 108 valence electrons. The summed E-state index contributed by atoms with van der Waals surface area (Å²) in [6.07, 6.45) is 1.59. The van der Waals surface area contributed by atoms with Crippen molar-refractivity contribution < 1.29 is 8.42 Å². The molecule has 1 rings (SSSR count). The van der Waals surface area contributed by atoms with Crippen LogP contribution >= 0.6 is 11.8 Å². The van der Waals surface area contributed by atoms with Gasteiger partial charge in [-0.05, 0) is 19.4 Å². The van der Waals surface area contributed by atoms with Crippen LogP contribution in [0.15, 0.2) is 0 Å². The number of hydrogen-bond donors (Lipinski definition) is 1. The second-order valence-electron chi connectivity index (χ2n) is 5.23. The first-order valence-electron chi connectivity index (χ1n) is 6.35. The summed E-state index contributed by atoms with van der Waals surface area (Å²) in [6.45, 7) is 6.56. The lowest BCUT2D eigenvalue weighted by Gasteiger charge is -2.26. The minimum atomic E-state index is -3.31. The van der Waals surface area contributed by atoms with E-state index in [2.05, 4.69) is 13.8 Å². The molecule has 0 atom stereocenters. The van der Waals surface area contributed by atoms with Gasteiger partial charge in [-0.3, -0.25) is 0 Å². The summed E-state index contributed by atoms with van der Waals surface area (Å²) in [7, 11) is -1.68. The number of hydrogen-bond acceptors (Lipinski definition) is 4. The maximum absolute atomic E-state index is 12.4. The van der Waals surface area contributed by atoms with Crippen LogP contribution in [0, 0.1) is 0 Å². The molecule has 1 saturated heterocycles. The summed E-state index contributed by atoms with van der Waals surface area (Å²) in [5, 5.41) is 0. The van der Waals surface area contributed by atoms with Crippen LogP contribution in [0.3, 0.4) is 0 Å². The summed E-state index contributed by atoms with van der Waals surface area (Å²) < 4.78 is 27.9. The van der Waals surface area contributed by atoms with E-state index in [1.54, 1.807) is 11.4 Å². The third-order valence-corrected chi connectivity index (χ3v) is 6.55. The SMILES string of the molecule is CN(CCCN)S(=O)(=O)N1CCSC(C)(C)CC1. The third kappa shape index (κ3) is 4.38. The Morgan fingerprint density at radius 3 is 2.67 bits per heavy atom. The molecule has 0 aromatic carbocycles. The van der Waals surface area contributed by atoms with E-state index < -0.39 is 10.2 Å². The van der Waals surface area contributed by atoms with Crippen molar-refractivity contribution >= 4 is 22.0 Å². The molecule has 0 bridgehead atoms. The van der Waals surface area contributed by atoms with Crippen molar-refractivity contribution in [3.8, 4) is 0 Å². The van der Waals surface area contributed by atoms with Gasteiger partial charge in [-0.25, -0.2) is 0 Å². The first kappa shape index (κ1) is 16.2. The molecule has 0 aromatic heterocycles. The summed E-state index contributed by atoms with van der Waals surface area (Å²) in [4.78, 5) is 0. The number of rotatable bonds is 5. The summed E-state index contributed by atoms with van der Waals surface area (Å²) in [6, 6.07) is 0. The van der Waals surface area contributed by atoms with E-state index in [1.807, 2.05) is 11.8 Å². The van der Waals surface area contributed by atoms with Gasteiger partial charge in [0, 0.05) is 37.2 Å². The molecule has 0 radical (unpaired) electrons. The maximum Gasteiger partial charge on any atom is 0.281 e. The van der Waals surface area contributed by atoms with Crippen LogP contribution in [-0.2, 0) is 10.2 Å². The lowest BCUT2D eigenvalue weighted by Crippen LogP contribution is -2.43. The predicted octanol–water partition coefficient (Wildman–Crippen LogP) is 0.729. The van der Waals surface area contributed by atoms with Gasteiger partial charge < -0.3 is 5.73 Å². The molecule has 18 heavy (non-hydrogen) atoms. The van der Waals surface area contributed by atoms with Crippen LogP contribution in [0.25, 0.3) is 0 Å². The van der Waals surface area contributed by atoms with Crippen LogP contribution in [0.1, 0.15) is 26.7 Å². The van der Waals surface area contributed by atoms with Crippen molar-refractivity contribution in [2.24, 2.45) is 5.73 Å². The molecule has 0 aromatic rings. The Morgan fingerprint density at radius 1 is 1.39 bits per heavy atom. The monoisotopic (exact) mass is 295 g/mol. The zero-order chi connectivity index (χ0) is 13.8. The van der Waals surface area contributed by atoms with E-state index in [0.717, 1.165) is 12.2 Å². The molecular formula is C11H25N3O2S2. The molecule has 5 nitrogen and oxygen atoms in total. The van der Waals surface area contributed by atoms with Crippen LogP contribution in [0.5, 0.6) is 0 Å². The number of thioether (sulfide) groups is 1.